The number of carbonyl (C=O) groups is 1. The highest BCUT2D eigenvalue weighted by molar-refractivity contribution is 9.15. The molecule has 0 aliphatic heterocycles. The van der Waals surface area contributed by atoms with Crippen molar-refractivity contribution in [1.82, 2.24) is 0 Å². The summed E-state index contributed by atoms with van der Waals surface area (Å²) >= 11 is 66.8. The quantitative estimate of drug-likeness (QED) is 0.161. The van der Waals surface area contributed by atoms with Gasteiger partial charge >= 0.3 is 5.97 Å². The number of ether oxygens (including phenoxy) is 1. The molecule has 25 heteroatoms. The van der Waals surface area contributed by atoms with Crippen LogP contribution in [0.2, 0.25) is 10.0 Å². The molecule has 10 aromatic heterocycles. The lowest BCUT2D eigenvalue weighted by Crippen LogP contribution is -2.04. The Morgan fingerprint density at radius 3 is 1.15 bits per heavy atom. The van der Waals surface area contributed by atoms with Crippen LogP contribution in [-0.4, -0.2) is 13.1 Å². The lowest BCUT2D eigenvalue weighted by Gasteiger charge is -1.99. The maximum atomic E-state index is 11.3. The summed E-state index contributed by atoms with van der Waals surface area (Å²) in [4.78, 5) is 21.9. The Hall–Kier alpha value is 1.29. The van der Waals surface area contributed by atoms with Gasteiger partial charge in [-0.25, -0.2) is 0 Å². The van der Waals surface area contributed by atoms with E-state index in [-0.39, 0.29) is 5.97 Å². The number of benzene rings is 2. The van der Waals surface area contributed by atoms with Crippen LogP contribution in [0, 0.1) is 118 Å². The van der Waals surface area contributed by atoms with Gasteiger partial charge < -0.3 is 4.74 Å². The minimum Gasteiger partial charge on any atom is -0.469 e. The molecule has 12 rings (SSSR count). The summed E-state index contributed by atoms with van der Waals surface area (Å²) in [7, 11) is 1.42. The van der Waals surface area contributed by atoms with E-state index in [1.807, 2.05) is 72.2 Å². The molecule has 0 radical (unpaired) electrons. The van der Waals surface area contributed by atoms with Crippen LogP contribution in [0.5, 0.6) is 0 Å². The molecule has 12 aromatic rings. The zero-order chi connectivity index (χ0) is 70.5. The molecule has 93 heavy (non-hydrogen) atoms. The van der Waals surface area contributed by atoms with Gasteiger partial charge in [0.2, 0.25) is 0 Å². The third-order valence-corrected chi connectivity index (χ3v) is 38.1. The summed E-state index contributed by atoms with van der Waals surface area (Å²) in [5.41, 5.74) is 13.5. The number of methoxy groups -OCH3 is 1. The minimum atomic E-state index is -0.179. The molecule has 0 spiro atoms. The number of carbonyl (C=O) groups excluding carboxylic acids is 1. The Morgan fingerprint density at radius 2 is 0.849 bits per heavy atom. The summed E-state index contributed by atoms with van der Waals surface area (Å²) in [5, 5.41) is 12.5. The molecule has 0 aliphatic carbocycles. The number of fused-ring (bicyclic) bond motifs is 2. The van der Waals surface area contributed by atoms with E-state index in [0.717, 1.165) is 36.6 Å². The highest BCUT2D eigenvalue weighted by atomic mass is 79.9. The molecule has 0 aliphatic rings. The second kappa shape index (κ2) is 44.1. The van der Waals surface area contributed by atoms with Crippen molar-refractivity contribution in [2.45, 2.75) is 124 Å². The van der Waals surface area contributed by atoms with Crippen molar-refractivity contribution in [2.24, 2.45) is 0 Å². The Bertz CT molecular complexity index is 3770. The average molecular weight is 2190 g/mol. The highest BCUT2D eigenvalue weighted by Crippen LogP contribution is 2.42. The standard InChI is InChI=1S/C12H12O2S.C10H9ClS.C8H12S.2C6H6Br2S.C6H8S.2C5H3Br3S.C5H5BrS.C5H5ClS/c1-8-10(7-12(13)14-2)9-5-3-4-6-11(9)15-8;1-6-7(2)12-10-4-3-8(11)5-9(6)10;1-5-6(2)8(4)9-7(5)3;1-3-5(7)4(2)9-6(3)8;1-3-4(2)6(8)9-5(3)7;1-5-3-7-4-6(5)2;1-2-3(6)4(7)5(8)9-2;1-2-3(6)5(8)9-4(2)7;2*1-4-5(6)2-3-7-4/h3-6H,7H2,1-2H3;3-5H,1-2H3;1-4H3;2*1-2H3;3-4H,1-2H3;2*1H3;2*2-3H,1H3. The monoisotopic (exact) mass is 2180 g/mol. The van der Waals surface area contributed by atoms with Crippen molar-refractivity contribution < 1.29 is 9.53 Å². The normalized spacial score (nSPS) is 10.2. The first-order valence-corrected chi connectivity index (χ1v) is 45.5. The third kappa shape index (κ3) is 28.5. The second-order valence-corrected chi connectivity index (χ2v) is 44.3. The van der Waals surface area contributed by atoms with Gasteiger partial charge in [-0.05, 0) is 417 Å². The molecule has 2 aromatic carbocycles. The number of esters is 1. The molecule has 0 atom stereocenters. The Morgan fingerprint density at radius 1 is 0.398 bits per heavy atom. The molecular weight excluding hydrogens is 2120 g/mol. The lowest BCUT2D eigenvalue weighted by molar-refractivity contribution is -0.139. The van der Waals surface area contributed by atoms with Gasteiger partial charge in [0, 0.05) is 71.3 Å². The first-order chi connectivity index (χ1) is 43.4. The zero-order valence-electron chi connectivity index (χ0n) is 54.0. The maximum absolute atomic E-state index is 11.3. The molecule has 0 amide bonds. The summed E-state index contributed by atoms with van der Waals surface area (Å²) in [6.45, 7) is 36.0. The van der Waals surface area contributed by atoms with Gasteiger partial charge in [-0.1, -0.05) is 41.4 Å². The van der Waals surface area contributed by atoms with E-state index < -0.39 is 0 Å². The number of aryl methyl sites for hydroxylation is 11. The molecule has 0 bridgehead atoms. The fraction of sp³-hybridized carbons (Fsp3) is 0.279. The molecule has 0 saturated heterocycles. The zero-order valence-corrected chi connectivity index (χ0v) is 81.1. The number of thiophene rings is 10. The lowest BCUT2D eigenvalue weighted by atomic mass is 10.1. The van der Waals surface area contributed by atoms with Crippen molar-refractivity contribution in [2.75, 3.05) is 7.11 Å². The van der Waals surface area contributed by atoms with E-state index in [9.17, 15) is 4.79 Å². The van der Waals surface area contributed by atoms with Crippen molar-refractivity contribution in [3.63, 3.8) is 0 Å². The van der Waals surface area contributed by atoms with Gasteiger partial charge in [-0.3, -0.25) is 4.79 Å². The van der Waals surface area contributed by atoms with Gasteiger partial charge in [-0.15, -0.1) is 102 Å². The van der Waals surface area contributed by atoms with Gasteiger partial charge in [0.25, 0.3) is 0 Å². The predicted molar refractivity (Wildman–Crippen MR) is 469 cm³/mol. The molecule has 0 N–H and O–H groups in total. The topological polar surface area (TPSA) is 26.3 Å². The molecule has 10 heterocycles. The SMILES string of the molecule is COC(=O)Cc1c(C)sc2ccccc12.Cc1c(Br)sc(Br)c1Br.Cc1c(Br)sc(Br)c1C.Cc1cscc1C.Cc1sc(Br)c(Br)c1Br.Cc1sc(Br)c(C)c1Br.Cc1sc(C)c(C)c1C.Cc1sc2ccc(Cl)cc2c1C.Cc1sccc1Br.Cc1sccc1Cl. The van der Waals surface area contributed by atoms with E-state index in [1.54, 1.807) is 90.7 Å². The molecule has 2 nitrogen and oxygen atoms in total. The summed E-state index contributed by atoms with van der Waals surface area (Å²) in [6.07, 6.45) is 0.367. The largest absolute Gasteiger partial charge is 0.469 e. The second-order valence-electron chi connectivity index (χ2n) is 20.1. The molecule has 504 valence electrons. The van der Waals surface area contributed by atoms with Crippen LogP contribution in [-0.2, 0) is 16.0 Å². The Kier molecular flexibility index (Phi) is 41.9. The molecular formula is C68H69Br11Cl2O2S10. The summed E-state index contributed by atoms with van der Waals surface area (Å²) in [5.74, 6) is -0.179. The van der Waals surface area contributed by atoms with Crippen molar-refractivity contribution in [1.29, 1.82) is 0 Å². The first-order valence-electron chi connectivity index (χ1n) is 27.6. The van der Waals surface area contributed by atoms with E-state index in [0.29, 0.717) is 6.42 Å². The molecule has 0 unspecified atom stereocenters. The molecule has 0 fully saturated rings. The van der Waals surface area contributed by atoms with Gasteiger partial charge in [0.15, 0.2) is 0 Å². The van der Waals surface area contributed by atoms with E-state index in [2.05, 4.69) is 319 Å². The van der Waals surface area contributed by atoms with Crippen molar-refractivity contribution >= 4 is 338 Å². The van der Waals surface area contributed by atoms with Crippen LogP contribution in [0.15, 0.2) is 121 Å². The third-order valence-electron chi connectivity index (χ3n) is 13.6. The van der Waals surface area contributed by atoms with Gasteiger partial charge in [-0.2, -0.15) is 11.3 Å². The van der Waals surface area contributed by atoms with Crippen molar-refractivity contribution in [3.8, 4) is 0 Å². The smallest absolute Gasteiger partial charge is 0.310 e. The number of hydrogen-bond donors (Lipinski definition) is 0. The first kappa shape index (κ1) is 88.5. The van der Waals surface area contributed by atoms with Gasteiger partial charge in [0.05, 0.1) is 45.7 Å². The van der Waals surface area contributed by atoms with E-state index >= 15 is 0 Å². The maximum Gasteiger partial charge on any atom is 0.310 e. The minimum absolute atomic E-state index is 0.179. The number of rotatable bonds is 2. The number of halogens is 13. The Balaban J connectivity index is 0.000000272. The predicted octanol–water partition coefficient (Wildman–Crippen LogP) is 34.4. The van der Waals surface area contributed by atoms with E-state index in [1.165, 1.54) is 140 Å². The molecule has 0 saturated carbocycles. The van der Waals surface area contributed by atoms with Crippen LogP contribution >= 0.6 is 312 Å². The fourth-order valence-electron chi connectivity index (χ4n) is 7.08. The average Bonchev–Trinajstić information content (AvgIpc) is 1.75. The van der Waals surface area contributed by atoms with Crippen molar-refractivity contribution in [3.05, 3.63) is 226 Å². The number of hydrogen-bond acceptors (Lipinski definition) is 12. The van der Waals surface area contributed by atoms with Crippen LogP contribution in [0.4, 0.5) is 0 Å². The van der Waals surface area contributed by atoms with Crippen LogP contribution in [0.3, 0.4) is 0 Å². The van der Waals surface area contributed by atoms with Crippen LogP contribution < -0.4 is 0 Å². The summed E-state index contributed by atoms with van der Waals surface area (Å²) in [6, 6.07) is 18.2. The van der Waals surface area contributed by atoms with E-state index in [4.69, 9.17) is 27.9 Å². The van der Waals surface area contributed by atoms with Crippen LogP contribution in [0.25, 0.3) is 20.2 Å². The van der Waals surface area contributed by atoms with Gasteiger partial charge in [0.1, 0.15) is 0 Å². The highest BCUT2D eigenvalue weighted by Gasteiger charge is 2.14. The van der Waals surface area contributed by atoms with Crippen LogP contribution in [0.1, 0.15) is 94.7 Å². The summed E-state index contributed by atoms with van der Waals surface area (Å²) < 4.78 is 20.3. The Labute approximate surface area is 693 Å². The fourth-order valence-corrected chi connectivity index (χ4v) is 25.6.